The molecule has 1 aliphatic rings. The Hall–Kier alpha value is 0.310. The standard InChI is InChI=1S/C6H13O3P/c1-6(2)4-8-10(7-3)9-5-6/h4-5H2,1-3H3. The lowest BCUT2D eigenvalue weighted by Crippen LogP contribution is -2.28. The molecule has 0 bridgehead atoms. The third-order valence-corrected chi connectivity index (χ3v) is 2.25. The second-order valence-corrected chi connectivity index (χ2v) is 4.45. The van der Waals surface area contributed by atoms with E-state index in [0.29, 0.717) is 0 Å². The molecule has 0 aromatic rings. The zero-order valence-corrected chi connectivity index (χ0v) is 7.48. The third-order valence-electron chi connectivity index (χ3n) is 1.27. The van der Waals surface area contributed by atoms with E-state index in [1.807, 2.05) is 0 Å². The predicted molar refractivity (Wildman–Crippen MR) is 39.6 cm³/mol. The van der Waals surface area contributed by atoms with Crippen molar-refractivity contribution in [1.29, 1.82) is 0 Å². The average Bonchev–Trinajstić information content (AvgIpc) is 1.88. The normalized spacial score (nSPS) is 26.7. The van der Waals surface area contributed by atoms with E-state index < -0.39 is 8.60 Å². The van der Waals surface area contributed by atoms with E-state index in [9.17, 15) is 0 Å². The Kier molecular flexibility index (Phi) is 2.64. The molecule has 1 aliphatic heterocycles. The Morgan fingerprint density at radius 1 is 1.30 bits per heavy atom. The van der Waals surface area contributed by atoms with Crippen molar-refractivity contribution in [3.63, 3.8) is 0 Å². The fourth-order valence-electron chi connectivity index (χ4n) is 0.639. The minimum atomic E-state index is -1.03. The SMILES string of the molecule is COP1OCC(C)(C)CO1. The molecular weight excluding hydrogens is 151 g/mol. The summed E-state index contributed by atoms with van der Waals surface area (Å²) in [6.45, 7) is 5.67. The maximum Gasteiger partial charge on any atom is 0.332 e. The molecule has 0 radical (unpaired) electrons. The van der Waals surface area contributed by atoms with E-state index in [4.69, 9.17) is 13.6 Å². The summed E-state index contributed by atoms with van der Waals surface area (Å²) in [5, 5.41) is 0. The van der Waals surface area contributed by atoms with Crippen LogP contribution >= 0.6 is 8.60 Å². The molecule has 0 N–H and O–H groups in total. The van der Waals surface area contributed by atoms with Crippen molar-refractivity contribution in [2.24, 2.45) is 5.41 Å². The van der Waals surface area contributed by atoms with Crippen molar-refractivity contribution in [3.8, 4) is 0 Å². The highest BCUT2D eigenvalue weighted by Gasteiger charge is 2.29. The molecule has 3 nitrogen and oxygen atoms in total. The molecule has 60 valence electrons. The van der Waals surface area contributed by atoms with Gasteiger partial charge in [0, 0.05) is 12.5 Å². The summed E-state index contributed by atoms with van der Waals surface area (Å²) in [7, 11) is 0.573. The van der Waals surface area contributed by atoms with Gasteiger partial charge in [0.1, 0.15) is 0 Å². The molecule has 0 amide bonds. The summed E-state index contributed by atoms with van der Waals surface area (Å²) >= 11 is 0. The van der Waals surface area contributed by atoms with Gasteiger partial charge in [0.15, 0.2) is 0 Å². The first-order chi connectivity index (χ1) is 4.64. The zero-order valence-electron chi connectivity index (χ0n) is 6.59. The smallest absolute Gasteiger partial charge is 0.316 e. The molecular formula is C6H13O3P. The van der Waals surface area contributed by atoms with Gasteiger partial charge < -0.3 is 13.6 Å². The molecule has 0 aliphatic carbocycles. The second-order valence-electron chi connectivity index (χ2n) is 3.12. The van der Waals surface area contributed by atoms with Crippen LogP contribution in [0.3, 0.4) is 0 Å². The van der Waals surface area contributed by atoms with E-state index in [-0.39, 0.29) is 5.41 Å². The highest BCUT2D eigenvalue weighted by molar-refractivity contribution is 7.41. The van der Waals surface area contributed by atoms with Gasteiger partial charge >= 0.3 is 8.60 Å². The van der Waals surface area contributed by atoms with Gasteiger partial charge in [0.05, 0.1) is 13.2 Å². The first-order valence-corrected chi connectivity index (χ1v) is 4.34. The molecule has 0 aromatic carbocycles. The Morgan fingerprint density at radius 2 is 1.80 bits per heavy atom. The van der Waals surface area contributed by atoms with E-state index in [2.05, 4.69) is 13.8 Å². The monoisotopic (exact) mass is 164 g/mol. The molecule has 0 aromatic heterocycles. The average molecular weight is 164 g/mol. The van der Waals surface area contributed by atoms with Gasteiger partial charge in [-0.25, -0.2) is 0 Å². The van der Waals surface area contributed by atoms with Crippen molar-refractivity contribution in [2.45, 2.75) is 13.8 Å². The summed E-state index contributed by atoms with van der Waals surface area (Å²) < 4.78 is 15.4. The summed E-state index contributed by atoms with van der Waals surface area (Å²) in [6.07, 6.45) is 0. The van der Waals surface area contributed by atoms with Crippen molar-refractivity contribution in [3.05, 3.63) is 0 Å². The zero-order chi connectivity index (χ0) is 7.61. The van der Waals surface area contributed by atoms with Crippen LogP contribution in [0.4, 0.5) is 0 Å². The van der Waals surface area contributed by atoms with Gasteiger partial charge in [-0.3, -0.25) is 0 Å². The van der Waals surface area contributed by atoms with E-state index in [0.717, 1.165) is 13.2 Å². The van der Waals surface area contributed by atoms with Crippen LogP contribution in [0.1, 0.15) is 13.8 Å². The predicted octanol–water partition coefficient (Wildman–Crippen LogP) is 1.93. The fourth-order valence-corrected chi connectivity index (χ4v) is 1.83. The molecule has 1 saturated heterocycles. The second kappa shape index (κ2) is 3.14. The molecule has 10 heavy (non-hydrogen) atoms. The van der Waals surface area contributed by atoms with Crippen LogP contribution in [0, 0.1) is 5.41 Å². The molecule has 4 heteroatoms. The van der Waals surface area contributed by atoms with Gasteiger partial charge in [0.25, 0.3) is 0 Å². The van der Waals surface area contributed by atoms with Crippen molar-refractivity contribution in [1.82, 2.24) is 0 Å². The molecule has 1 rings (SSSR count). The van der Waals surface area contributed by atoms with Gasteiger partial charge in [0.2, 0.25) is 0 Å². The van der Waals surface area contributed by atoms with Crippen molar-refractivity contribution >= 4 is 8.60 Å². The minimum Gasteiger partial charge on any atom is -0.316 e. The van der Waals surface area contributed by atoms with E-state index >= 15 is 0 Å². The fraction of sp³-hybridized carbons (Fsp3) is 1.00. The summed E-state index contributed by atoms with van der Waals surface area (Å²) in [6, 6.07) is 0. The van der Waals surface area contributed by atoms with E-state index in [1.165, 1.54) is 0 Å². The van der Waals surface area contributed by atoms with Crippen LogP contribution < -0.4 is 0 Å². The van der Waals surface area contributed by atoms with Crippen LogP contribution in [0.5, 0.6) is 0 Å². The van der Waals surface area contributed by atoms with E-state index in [1.54, 1.807) is 7.11 Å². The first kappa shape index (κ1) is 8.41. The highest BCUT2D eigenvalue weighted by Crippen LogP contribution is 2.45. The highest BCUT2D eigenvalue weighted by atomic mass is 31.2. The Balaban J connectivity index is 2.31. The van der Waals surface area contributed by atoms with Crippen LogP contribution in [0.2, 0.25) is 0 Å². The molecule has 1 fully saturated rings. The lowest BCUT2D eigenvalue weighted by atomic mass is 9.97. The summed E-state index contributed by atoms with van der Waals surface area (Å²) in [5.74, 6) is 0. The molecule has 0 spiro atoms. The van der Waals surface area contributed by atoms with Gasteiger partial charge in [-0.1, -0.05) is 13.8 Å². The third kappa shape index (κ3) is 2.17. The quantitative estimate of drug-likeness (QED) is 0.554. The lowest BCUT2D eigenvalue weighted by molar-refractivity contribution is 0.0338. The maximum atomic E-state index is 5.26. The molecule has 1 heterocycles. The summed E-state index contributed by atoms with van der Waals surface area (Å²) in [4.78, 5) is 0. The van der Waals surface area contributed by atoms with Gasteiger partial charge in [-0.15, -0.1) is 0 Å². The maximum absolute atomic E-state index is 5.26. The van der Waals surface area contributed by atoms with Crippen LogP contribution in [-0.2, 0) is 13.6 Å². The van der Waals surface area contributed by atoms with Crippen LogP contribution in [-0.4, -0.2) is 20.3 Å². The van der Waals surface area contributed by atoms with Gasteiger partial charge in [-0.2, -0.15) is 0 Å². The Bertz CT molecular complexity index is 106. The topological polar surface area (TPSA) is 27.7 Å². The number of hydrogen-bond donors (Lipinski definition) is 0. The minimum absolute atomic E-state index is 0.150. The van der Waals surface area contributed by atoms with Crippen molar-refractivity contribution in [2.75, 3.05) is 20.3 Å². The molecule has 0 saturated carbocycles. The van der Waals surface area contributed by atoms with Crippen LogP contribution in [0.25, 0.3) is 0 Å². The Labute approximate surface area is 62.7 Å². The number of hydrogen-bond acceptors (Lipinski definition) is 3. The number of rotatable bonds is 1. The van der Waals surface area contributed by atoms with Gasteiger partial charge in [-0.05, 0) is 0 Å². The Morgan fingerprint density at radius 3 is 2.20 bits per heavy atom. The first-order valence-electron chi connectivity index (χ1n) is 3.24. The van der Waals surface area contributed by atoms with Crippen molar-refractivity contribution < 1.29 is 13.6 Å². The van der Waals surface area contributed by atoms with Crippen LogP contribution in [0.15, 0.2) is 0 Å². The summed E-state index contributed by atoms with van der Waals surface area (Å²) in [5.41, 5.74) is 0.150. The largest absolute Gasteiger partial charge is 0.332 e. The molecule has 0 atom stereocenters. The lowest BCUT2D eigenvalue weighted by Gasteiger charge is -2.31. The molecule has 0 unspecified atom stereocenters.